The summed E-state index contributed by atoms with van der Waals surface area (Å²) in [6.07, 6.45) is 0. The first kappa shape index (κ1) is 24.1. The Labute approximate surface area is 191 Å². The molecule has 0 atom stereocenters. The van der Waals surface area contributed by atoms with Gasteiger partial charge in [-0.05, 0) is 36.4 Å². The standard InChI is InChI=1S/C22H25N5O5S/c1-3-27(4-2)33(30,31)16-11-9-15(10-12-16)22(29)24-13-20(28)32-14-19-25-18-8-6-5-7-17(18)21(23)26-19/h5-12H,3-4,13-14H2,1-2H3,(H,24,29)(H2,23,25,26). The van der Waals surface area contributed by atoms with E-state index in [2.05, 4.69) is 15.3 Å². The monoisotopic (exact) mass is 471 g/mol. The number of sulfonamides is 1. The van der Waals surface area contributed by atoms with Gasteiger partial charge < -0.3 is 15.8 Å². The van der Waals surface area contributed by atoms with Crippen LogP contribution in [-0.4, -0.2) is 54.2 Å². The zero-order valence-electron chi connectivity index (χ0n) is 18.3. The van der Waals surface area contributed by atoms with E-state index in [-0.39, 0.29) is 35.3 Å². The van der Waals surface area contributed by atoms with E-state index in [1.807, 2.05) is 12.1 Å². The van der Waals surface area contributed by atoms with Crippen LogP contribution < -0.4 is 11.1 Å². The van der Waals surface area contributed by atoms with Crippen molar-refractivity contribution in [1.29, 1.82) is 0 Å². The first-order valence-electron chi connectivity index (χ1n) is 10.3. The van der Waals surface area contributed by atoms with Crippen LogP contribution in [0, 0.1) is 0 Å². The number of esters is 1. The molecule has 10 nitrogen and oxygen atoms in total. The predicted molar refractivity (Wildman–Crippen MR) is 123 cm³/mol. The van der Waals surface area contributed by atoms with Crippen LogP contribution in [0.3, 0.4) is 0 Å². The molecule has 0 bridgehead atoms. The van der Waals surface area contributed by atoms with Gasteiger partial charge in [0.25, 0.3) is 5.91 Å². The molecular formula is C22H25N5O5S. The van der Waals surface area contributed by atoms with Crippen molar-refractivity contribution in [1.82, 2.24) is 19.6 Å². The molecule has 3 N–H and O–H groups in total. The van der Waals surface area contributed by atoms with Crippen LogP contribution >= 0.6 is 0 Å². The minimum atomic E-state index is -3.61. The summed E-state index contributed by atoms with van der Waals surface area (Å²) >= 11 is 0. The van der Waals surface area contributed by atoms with Gasteiger partial charge in [-0.15, -0.1) is 0 Å². The minimum Gasteiger partial charge on any atom is -0.456 e. The van der Waals surface area contributed by atoms with Gasteiger partial charge in [-0.1, -0.05) is 26.0 Å². The largest absolute Gasteiger partial charge is 0.456 e. The fourth-order valence-electron chi connectivity index (χ4n) is 3.16. The van der Waals surface area contributed by atoms with Gasteiger partial charge >= 0.3 is 5.97 Å². The second kappa shape index (κ2) is 10.4. The topological polar surface area (TPSA) is 145 Å². The van der Waals surface area contributed by atoms with Crippen molar-refractivity contribution in [2.24, 2.45) is 0 Å². The van der Waals surface area contributed by atoms with Gasteiger partial charge in [0.1, 0.15) is 12.4 Å². The van der Waals surface area contributed by atoms with E-state index >= 15 is 0 Å². The number of ether oxygens (including phenoxy) is 1. The van der Waals surface area contributed by atoms with Gasteiger partial charge in [-0.3, -0.25) is 9.59 Å². The number of carbonyl (C=O) groups is 2. The second-order valence-electron chi connectivity index (χ2n) is 7.00. The number of nitrogens with two attached hydrogens (primary N) is 1. The number of para-hydroxylation sites is 1. The quantitative estimate of drug-likeness (QED) is 0.449. The molecule has 174 valence electrons. The molecule has 1 heterocycles. The van der Waals surface area contributed by atoms with Gasteiger partial charge in [0.15, 0.2) is 12.4 Å². The van der Waals surface area contributed by atoms with E-state index in [0.717, 1.165) is 0 Å². The summed E-state index contributed by atoms with van der Waals surface area (Å²) in [6.45, 7) is 3.63. The molecule has 1 amide bonds. The van der Waals surface area contributed by atoms with Crippen molar-refractivity contribution >= 4 is 38.6 Å². The second-order valence-corrected chi connectivity index (χ2v) is 8.94. The maximum atomic E-state index is 12.5. The number of benzene rings is 2. The number of nitrogens with one attached hydrogen (secondary N) is 1. The van der Waals surface area contributed by atoms with Crippen molar-refractivity contribution < 1.29 is 22.7 Å². The van der Waals surface area contributed by atoms with Crippen LogP contribution in [0.15, 0.2) is 53.4 Å². The normalized spacial score (nSPS) is 11.5. The molecule has 3 rings (SSSR count). The minimum absolute atomic E-state index is 0.0943. The lowest BCUT2D eigenvalue weighted by molar-refractivity contribution is -0.143. The summed E-state index contributed by atoms with van der Waals surface area (Å²) in [4.78, 5) is 32.8. The maximum absolute atomic E-state index is 12.5. The fraction of sp³-hybridized carbons (Fsp3) is 0.273. The Morgan fingerprint density at radius 1 is 1.03 bits per heavy atom. The maximum Gasteiger partial charge on any atom is 0.325 e. The van der Waals surface area contributed by atoms with Crippen LogP contribution in [0.25, 0.3) is 10.9 Å². The Morgan fingerprint density at radius 2 is 1.70 bits per heavy atom. The van der Waals surface area contributed by atoms with E-state index < -0.39 is 21.9 Å². The number of nitrogen functional groups attached to an aromatic ring is 1. The van der Waals surface area contributed by atoms with E-state index in [4.69, 9.17) is 10.5 Å². The van der Waals surface area contributed by atoms with Crippen molar-refractivity contribution in [3.05, 3.63) is 59.9 Å². The van der Waals surface area contributed by atoms with Crippen LogP contribution in [0.5, 0.6) is 0 Å². The molecule has 0 saturated heterocycles. The van der Waals surface area contributed by atoms with Crippen molar-refractivity contribution in [2.45, 2.75) is 25.3 Å². The summed E-state index contributed by atoms with van der Waals surface area (Å²) in [5.74, 6) is -0.688. The van der Waals surface area contributed by atoms with E-state index in [0.29, 0.717) is 24.0 Å². The number of rotatable bonds is 9. The van der Waals surface area contributed by atoms with E-state index in [9.17, 15) is 18.0 Å². The Kier molecular flexibility index (Phi) is 7.56. The molecule has 33 heavy (non-hydrogen) atoms. The van der Waals surface area contributed by atoms with Crippen molar-refractivity contribution in [2.75, 3.05) is 25.4 Å². The molecule has 0 unspecified atom stereocenters. The molecule has 0 radical (unpaired) electrons. The molecule has 11 heteroatoms. The van der Waals surface area contributed by atoms with Crippen LogP contribution in [0.1, 0.15) is 30.0 Å². The SMILES string of the molecule is CCN(CC)S(=O)(=O)c1ccc(C(=O)NCC(=O)OCc2nc(N)c3ccccc3n2)cc1. The average Bonchev–Trinajstić information content (AvgIpc) is 2.82. The molecule has 1 aromatic heterocycles. The zero-order chi connectivity index (χ0) is 24.0. The smallest absolute Gasteiger partial charge is 0.325 e. The molecule has 0 saturated carbocycles. The molecule has 0 fully saturated rings. The van der Waals surface area contributed by atoms with Gasteiger partial charge in [-0.2, -0.15) is 4.31 Å². The Hall–Kier alpha value is -3.57. The highest BCUT2D eigenvalue weighted by Crippen LogP contribution is 2.18. The Bertz CT molecular complexity index is 1260. The van der Waals surface area contributed by atoms with Crippen molar-refractivity contribution in [3.63, 3.8) is 0 Å². The highest BCUT2D eigenvalue weighted by atomic mass is 32.2. The molecular weight excluding hydrogens is 446 g/mol. The third kappa shape index (κ3) is 5.62. The summed E-state index contributed by atoms with van der Waals surface area (Å²) in [7, 11) is -3.61. The van der Waals surface area contributed by atoms with E-state index in [1.165, 1.54) is 28.6 Å². The number of hydrogen-bond donors (Lipinski definition) is 2. The third-order valence-electron chi connectivity index (χ3n) is 4.89. The molecule has 0 aliphatic heterocycles. The van der Waals surface area contributed by atoms with E-state index in [1.54, 1.807) is 26.0 Å². The van der Waals surface area contributed by atoms with Gasteiger partial charge in [-0.25, -0.2) is 18.4 Å². The number of aromatic nitrogens is 2. The van der Waals surface area contributed by atoms with Gasteiger partial charge in [0, 0.05) is 24.0 Å². The zero-order valence-corrected chi connectivity index (χ0v) is 19.1. The Balaban J connectivity index is 1.55. The number of fused-ring (bicyclic) bond motifs is 1. The molecule has 3 aromatic rings. The summed E-state index contributed by atoms with van der Waals surface area (Å²) in [5.41, 5.74) is 6.76. The van der Waals surface area contributed by atoms with Gasteiger partial charge in [0.2, 0.25) is 10.0 Å². The first-order valence-corrected chi connectivity index (χ1v) is 11.8. The molecule has 2 aromatic carbocycles. The number of hydrogen-bond acceptors (Lipinski definition) is 8. The number of carbonyl (C=O) groups excluding carboxylic acids is 2. The summed E-state index contributed by atoms with van der Waals surface area (Å²) in [5, 5.41) is 3.14. The number of nitrogens with zero attached hydrogens (tertiary/aromatic N) is 3. The van der Waals surface area contributed by atoms with Crippen LogP contribution in [0.2, 0.25) is 0 Å². The third-order valence-corrected chi connectivity index (χ3v) is 6.96. The van der Waals surface area contributed by atoms with Crippen LogP contribution in [-0.2, 0) is 26.2 Å². The Morgan fingerprint density at radius 3 is 2.36 bits per heavy atom. The lowest BCUT2D eigenvalue weighted by Crippen LogP contribution is -2.31. The molecule has 0 aliphatic carbocycles. The molecule has 0 aliphatic rings. The van der Waals surface area contributed by atoms with Crippen LogP contribution in [0.4, 0.5) is 5.82 Å². The fourth-order valence-corrected chi connectivity index (χ4v) is 4.62. The lowest BCUT2D eigenvalue weighted by atomic mass is 10.2. The molecule has 0 spiro atoms. The highest BCUT2D eigenvalue weighted by Gasteiger charge is 2.21. The van der Waals surface area contributed by atoms with Crippen molar-refractivity contribution in [3.8, 4) is 0 Å². The average molecular weight is 472 g/mol. The predicted octanol–water partition coefficient (Wildman–Crippen LogP) is 1.72. The highest BCUT2D eigenvalue weighted by molar-refractivity contribution is 7.89. The lowest BCUT2D eigenvalue weighted by Gasteiger charge is -2.18. The first-order chi connectivity index (χ1) is 15.8. The summed E-state index contributed by atoms with van der Waals surface area (Å²) < 4.78 is 31.5. The number of amides is 1. The number of anilines is 1. The summed E-state index contributed by atoms with van der Waals surface area (Å²) in [6, 6.07) is 12.7. The van der Waals surface area contributed by atoms with Gasteiger partial charge in [0.05, 0.1) is 10.4 Å².